The predicted octanol–water partition coefficient (Wildman–Crippen LogP) is 3.45. The molecule has 2 aromatic rings. The third-order valence-corrected chi connectivity index (χ3v) is 7.58. The Morgan fingerprint density at radius 2 is 1.72 bits per heavy atom. The highest BCUT2D eigenvalue weighted by Gasteiger charge is 2.51. The molecule has 1 amide bonds. The summed E-state index contributed by atoms with van der Waals surface area (Å²) in [5, 5.41) is 3.85. The Balaban J connectivity index is 1.40. The van der Waals surface area contributed by atoms with Crippen molar-refractivity contribution in [3.63, 3.8) is 0 Å². The Bertz CT molecular complexity index is 1050. The second-order valence-electron chi connectivity index (χ2n) is 9.53. The molecule has 29 heavy (non-hydrogen) atoms. The van der Waals surface area contributed by atoms with Gasteiger partial charge in [0.15, 0.2) is 11.5 Å². The van der Waals surface area contributed by atoms with Gasteiger partial charge < -0.3 is 19.4 Å². The Labute approximate surface area is 169 Å². The van der Waals surface area contributed by atoms with Gasteiger partial charge in [-0.3, -0.25) is 9.59 Å². The van der Waals surface area contributed by atoms with Gasteiger partial charge in [-0.15, -0.1) is 0 Å². The van der Waals surface area contributed by atoms with Crippen LogP contribution < -0.4 is 20.2 Å². The minimum absolute atomic E-state index is 0.112. The van der Waals surface area contributed by atoms with E-state index in [9.17, 15) is 9.59 Å². The molecule has 0 radical (unpaired) electrons. The van der Waals surface area contributed by atoms with E-state index in [2.05, 4.69) is 5.32 Å². The lowest BCUT2D eigenvalue weighted by Crippen LogP contribution is -2.60. The smallest absolute Gasteiger partial charge is 0.257 e. The van der Waals surface area contributed by atoms with Gasteiger partial charge in [-0.2, -0.15) is 0 Å². The highest BCUT2D eigenvalue weighted by molar-refractivity contribution is 5.98. The molecule has 4 bridgehead atoms. The van der Waals surface area contributed by atoms with Gasteiger partial charge in [0.05, 0.1) is 10.9 Å². The molecule has 0 saturated heterocycles. The first-order valence-electron chi connectivity index (χ1n) is 10.8. The summed E-state index contributed by atoms with van der Waals surface area (Å²) in [7, 11) is 0. The van der Waals surface area contributed by atoms with E-state index in [1.54, 1.807) is 12.3 Å². The third-order valence-electron chi connectivity index (χ3n) is 7.58. The Morgan fingerprint density at radius 3 is 2.34 bits per heavy atom. The zero-order chi connectivity index (χ0) is 19.8. The van der Waals surface area contributed by atoms with Crippen molar-refractivity contribution in [3.05, 3.63) is 34.1 Å². The topological polar surface area (TPSA) is 69.6 Å². The molecule has 7 rings (SSSR count). The predicted molar refractivity (Wildman–Crippen MR) is 108 cm³/mol. The maximum absolute atomic E-state index is 13.3. The molecular weight excluding hydrogens is 368 g/mol. The summed E-state index contributed by atoms with van der Waals surface area (Å²) in [6.45, 7) is 2.83. The van der Waals surface area contributed by atoms with Crippen molar-refractivity contribution in [2.75, 3.05) is 6.79 Å². The van der Waals surface area contributed by atoms with Gasteiger partial charge in [0.25, 0.3) is 5.91 Å². The van der Waals surface area contributed by atoms with Crippen LogP contribution in [-0.4, -0.2) is 22.8 Å². The van der Waals surface area contributed by atoms with E-state index in [4.69, 9.17) is 9.47 Å². The fourth-order valence-corrected chi connectivity index (χ4v) is 6.78. The van der Waals surface area contributed by atoms with Crippen LogP contribution in [0.3, 0.4) is 0 Å². The summed E-state index contributed by atoms with van der Waals surface area (Å²) in [6.07, 6.45) is 8.88. The molecule has 4 fully saturated rings. The molecule has 2 heterocycles. The molecule has 6 nitrogen and oxygen atoms in total. The van der Waals surface area contributed by atoms with Crippen molar-refractivity contribution in [3.8, 4) is 11.5 Å². The van der Waals surface area contributed by atoms with Crippen molar-refractivity contribution in [2.24, 2.45) is 17.8 Å². The molecule has 1 aromatic heterocycles. The highest BCUT2D eigenvalue weighted by Crippen LogP contribution is 2.55. The number of pyridine rings is 1. The standard InChI is InChI=1S/C23H26N2O4/c1-2-25-11-17(21(26)16-6-19-20(7-18(16)25)29-12-28-19)22(27)24-23-8-13-3-14(9-23)5-15(4-13)10-23/h6-7,11,13-15H,2-5,8-10,12H2,1H3,(H,24,27). The first kappa shape index (κ1) is 17.4. The van der Waals surface area contributed by atoms with Crippen molar-refractivity contribution in [1.82, 2.24) is 9.88 Å². The minimum Gasteiger partial charge on any atom is -0.454 e. The molecule has 0 unspecified atom stereocenters. The van der Waals surface area contributed by atoms with Gasteiger partial charge in [-0.1, -0.05) is 0 Å². The second kappa shape index (κ2) is 6.00. The molecular formula is C23H26N2O4. The summed E-state index contributed by atoms with van der Waals surface area (Å²) in [5.74, 6) is 3.21. The fourth-order valence-electron chi connectivity index (χ4n) is 6.78. The molecule has 1 aliphatic heterocycles. The molecule has 1 N–H and O–H groups in total. The first-order valence-corrected chi connectivity index (χ1v) is 10.8. The molecule has 4 saturated carbocycles. The van der Waals surface area contributed by atoms with Crippen LogP contribution in [0.4, 0.5) is 0 Å². The Morgan fingerprint density at radius 1 is 1.10 bits per heavy atom. The number of nitrogens with one attached hydrogen (secondary N) is 1. The number of fused-ring (bicyclic) bond motifs is 2. The molecule has 4 aliphatic carbocycles. The monoisotopic (exact) mass is 394 g/mol. The van der Waals surface area contributed by atoms with Crippen LogP contribution >= 0.6 is 0 Å². The van der Waals surface area contributed by atoms with Gasteiger partial charge in [0, 0.05) is 24.3 Å². The van der Waals surface area contributed by atoms with E-state index >= 15 is 0 Å². The van der Waals surface area contributed by atoms with E-state index in [0.717, 1.165) is 42.5 Å². The number of aromatic nitrogens is 1. The van der Waals surface area contributed by atoms with E-state index in [0.29, 0.717) is 23.4 Å². The van der Waals surface area contributed by atoms with E-state index in [-0.39, 0.29) is 29.2 Å². The van der Waals surface area contributed by atoms with E-state index < -0.39 is 0 Å². The Hall–Kier alpha value is -2.50. The Kier molecular flexibility index (Phi) is 3.59. The molecule has 0 atom stereocenters. The fraction of sp³-hybridized carbons (Fsp3) is 0.565. The number of aryl methyl sites for hydroxylation is 1. The van der Waals surface area contributed by atoms with Crippen molar-refractivity contribution in [2.45, 2.75) is 57.5 Å². The van der Waals surface area contributed by atoms with E-state index in [1.807, 2.05) is 17.6 Å². The van der Waals surface area contributed by atoms with Crippen LogP contribution in [-0.2, 0) is 6.54 Å². The molecule has 0 spiro atoms. The lowest BCUT2D eigenvalue weighted by atomic mass is 9.53. The number of hydrogen-bond acceptors (Lipinski definition) is 4. The lowest BCUT2D eigenvalue weighted by molar-refractivity contribution is -0.0167. The summed E-state index contributed by atoms with van der Waals surface area (Å²) >= 11 is 0. The third kappa shape index (κ3) is 2.61. The number of rotatable bonds is 3. The number of ether oxygens (including phenoxy) is 2. The van der Waals surface area contributed by atoms with E-state index in [1.165, 1.54) is 19.3 Å². The summed E-state index contributed by atoms with van der Waals surface area (Å²) in [6, 6.07) is 3.55. The molecule has 6 heteroatoms. The highest BCUT2D eigenvalue weighted by atomic mass is 16.7. The van der Waals surface area contributed by atoms with Crippen molar-refractivity contribution in [1.29, 1.82) is 0 Å². The van der Waals surface area contributed by atoms with Crippen LogP contribution in [0.25, 0.3) is 10.9 Å². The average Bonchev–Trinajstić information content (AvgIpc) is 3.13. The van der Waals surface area contributed by atoms with Crippen LogP contribution in [0.2, 0.25) is 0 Å². The average molecular weight is 394 g/mol. The lowest BCUT2D eigenvalue weighted by Gasteiger charge is -2.56. The number of carbonyl (C=O) groups excluding carboxylic acids is 1. The summed E-state index contributed by atoms with van der Waals surface area (Å²) < 4.78 is 12.9. The number of hydrogen-bond donors (Lipinski definition) is 1. The molecule has 1 aromatic carbocycles. The molecule has 5 aliphatic rings. The zero-order valence-electron chi connectivity index (χ0n) is 16.7. The van der Waals surface area contributed by atoms with Crippen LogP contribution in [0.1, 0.15) is 55.8 Å². The summed E-state index contributed by atoms with van der Waals surface area (Å²) in [5.41, 5.74) is 0.659. The van der Waals surface area contributed by atoms with Crippen LogP contribution in [0, 0.1) is 17.8 Å². The molecule has 152 valence electrons. The van der Waals surface area contributed by atoms with Gasteiger partial charge in [-0.05, 0) is 69.3 Å². The normalized spacial score (nSPS) is 31.4. The van der Waals surface area contributed by atoms with Gasteiger partial charge >= 0.3 is 0 Å². The van der Waals surface area contributed by atoms with Crippen LogP contribution in [0.15, 0.2) is 23.1 Å². The largest absolute Gasteiger partial charge is 0.454 e. The quantitative estimate of drug-likeness (QED) is 0.866. The van der Waals surface area contributed by atoms with Crippen molar-refractivity contribution >= 4 is 16.8 Å². The van der Waals surface area contributed by atoms with Gasteiger partial charge in [0.1, 0.15) is 5.56 Å². The number of nitrogens with zero attached hydrogens (tertiary/aromatic N) is 1. The maximum Gasteiger partial charge on any atom is 0.257 e. The zero-order valence-corrected chi connectivity index (χ0v) is 16.7. The minimum atomic E-state index is -0.231. The number of carbonyl (C=O) groups is 1. The number of benzene rings is 1. The van der Waals surface area contributed by atoms with Gasteiger partial charge in [-0.25, -0.2) is 0 Å². The maximum atomic E-state index is 13.3. The van der Waals surface area contributed by atoms with Crippen LogP contribution in [0.5, 0.6) is 11.5 Å². The second-order valence-corrected chi connectivity index (χ2v) is 9.53. The van der Waals surface area contributed by atoms with Gasteiger partial charge in [0.2, 0.25) is 12.2 Å². The first-order chi connectivity index (χ1) is 14.0. The summed E-state index contributed by atoms with van der Waals surface area (Å²) in [4.78, 5) is 26.6. The van der Waals surface area contributed by atoms with Crippen molar-refractivity contribution < 1.29 is 14.3 Å². The number of amides is 1. The SMILES string of the molecule is CCn1cc(C(=O)NC23CC4CC(CC(C4)C2)C3)c(=O)c2cc3c(cc21)OCO3.